The van der Waals surface area contributed by atoms with Gasteiger partial charge < -0.3 is 5.32 Å². The maximum Gasteiger partial charge on any atom is 0.348 e. The minimum atomic E-state index is -0.751. The van der Waals surface area contributed by atoms with Crippen LogP contribution in [0.25, 0.3) is 0 Å². The number of hydrogen-bond donors (Lipinski definition) is 1. The lowest BCUT2D eigenvalue weighted by atomic mass is 10.3. The minimum absolute atomic E-state index is 0.0118. The zero-order valence-corrected chi connectivity index (χ0v) is 10.6. The van der Waals surface area contributed by atoms with Gasteiger partial charge in [0.05, 0.1) is 10.6 Å². The van der Waals surface area contributed by atoms with E-state index in [2.05, 4.69) is 15.3 Å². The van der Waals surface area contributed by atoms with Crippen LogP contribution in [0.3, 0.4) is 0 Å². The summed E-state index contributed by atoms with van der Waals surface area (Å²) in [6, 6.07) is 3.83. The number of aromatic nitrogens is 2. The van der Waals surface area contributed by atoms with Gasteiger partial charge in [0.1, 0.15) is 12.1 Å². The molecule has 19 heavy (non-hydrogen) atoms. The minimum Gasteiger partial charge on any atom is -0.332 e. The van der Waals surface area contributed by atoms with Gasteiger partial charge in [-0.3, -0.25) is 10.1 Å². The Hall–Kier alpha value is -1.99. The average Bonchev–Trinajstić information content (AvgIpc) is 2.32. The molecular formula is C10H5Cl2FN4O2. The molecule has 0 amide bonds. The molecular weight excluding hydrogens is 298 g/mol. The number of hydrogen-bond acceptors (Lipinski definition) is 5. The molecule has 1 aromatic carbocycles. The number of nitro groups is 1. The van der Waals surface area contributed by atoms with E-state index < -0.39 is 16.4 Å². The first-order valence-electron chi connectivity index (χ1n) is 4.86. The van der Waals surface area contributed by atoms with Crippen molar-refractivity contribution in [1.82, 2.24) is 9.97 Å². The lowest BCUT2D eigenvalue weighted by Crippen LogP contribution is -2.02. The highest BCUT2D eigenvalue weighted by atomic mass is 35.5. The van der Waals surface area contributed by atoms with Gasteiger partial charge in [-0.05, 0) is 18.2 Å². The first-order chi connectivity index (χ1) is 8.99. The van der Waals surface area contributed by atoms with E-state index in [0.717, 1.165) is 12.4 Å². The molecule has 0 saturated carbocycles. The number of anilines is 2. The lowest BCUT2D eigenvalue weighted by Gasteiger charge is -2.07. The summed E-state index contributed by atoms with van der Waals surface area (Å²) in [6.45, 7) is 0. The SMILES string of the molecule is O=[N+]([O-])c1c(Cl)ncnc1Nc1ccc(Cl)cc1F. The fourth-order valence-electron chi connectivity index (χ4n) is 1.33. The third kappa shape index (κ3) is 2.88. The van der Waals surface area contributed by atoms with Gasteiger partial charge in [-0.15, -0.1) is 0 Å². The van der Waals surface area contributed by atoms with Crippen LogP contribution in [0.4, 0.5) is 21.6 Å². The second-order valence-corrected chi connectivity index (χ2v) is 4.16. The molecule has 0 saturated heterocycles. The molecule has 0 radical (unpaired) electrons. The van der Waals surface area contributed by atoms with Crippen molar-refractivity contribution < 1.29 is 9.31 Å². The van der Waals surface area contributed by atoms with Gasteiger partial charge in [-0.1, -0.05) is 23.2 Å². The Morgan fingerprint density at radius 1 is 1.32 bits per heavy atom. The van der Waals surface area contributed by atoms with Crippen LogP contribution in [-0.2, 0) is 0 Å². The summed E-state index contributed by atoms with van der Waals surface area (Å²) in [5, 5.41) is 13.2. The Morgan fingerprint density at radius 3 is 2.68 bits per heavy atom. The molecule has 9 heteroatoms. The van der Waals surface area contributed by atoms with Crippen LogP contribution in [0.15, 0.2) is 24.5 Å². The first kappa shape index (κ1) is 13.4. The highest BCUT2D eigenvalue weighted by Crippen LogP contribution is 2.31. The van der Waals surface area contributed by atoms with E-state index in [9.17, 15) is 14.5 Å². The molecule has 0 bridgehead atoms. The average molecular weight is 303 g/mol. The molecule has 0 fully saturated rings. The standard InChI is InChI=1S/C10H5Cl2FN4O2/c11-5-1-2-7(6(13)3-5)16-10-8(17(18)19)9(12)14-4-15-10/h1-4H,(H,14,15,16). The van der Waals surface area contributed by atoms with Crippen molar-refractivity contribution in [3.8, 4) is 0 Å². The molecule has 0 aliphatic rings. The van der Waals surface area contributed by atoms with Crippen molar-refractivity contribution in [2.75, 3.05) is 5.32 Å². The zero-order chi connectivity index (χ0) is 14.0. The first-order valence-corrected chi connectivity index (χ1v) is 5.61. The fraction of sp³-hybridized carbons (Fsp3) is 0. The molecule has 0 atom stereocenters. The van der Waals surface area contributed by atoms with Crippen LogP contribution in [0.1, 0.15) is 0 Å². The van der Waals surface area contributed by atoms with Crippen LogP contribution in [0.5, 0.6) is 0 Å². The third-order valence-corrected chi connectivity index (χ3v) is 2.66. The monoisotopic (exact) mass is 302 g/mol. The summed E-state index contributed by atoms with van der Waals surface area (Å²) >= 11 is 11.2. The van der Waals surface area contributed by atoms with Gasteiger partial charge in [-0.25, -0.2) is 14.4 Å². The van der Waals surface area contributed by atoms with Crippen LogP contribution in [0.2, 0.25) is 10.2 Å². The van der Waals surface area contributed by atoms with Crippen molar-refractivity contribution >= 4 is 40.4 Å². The number of nitrogens with one attached hydrogen (secondary N) is 1. The van der Waals surface area contributed by atoms with Gasteiger partial charge >= 0.3 is 5.69 Å². The molecule has 1 aromatic heterocycles. The number of nitrogens with zero attached hydrogens (tertiary/aromatic N) is 3. The largest absolute Gasteiger partial charge is 0.348 e. The van der Waals surface area contributed by atoms with Crippen molar-refractivity contribution in [2.45, 2.75) is 0 Å². The molecule has 1 heterocycles. The Morgan fingerprint density at radius 2 is 2.05 bits per heavy atom. The second kappa shape index (κ2) is 5.33. The van der Waals surface area contributed by atoms with Gasteiger partial charge in [0.25, 0.3) is 0 Å². The highest BCUT2D eigenvalue weighted by Gasteiger charge is 2.22. The summed E-state index contributed by atoms with van der Waals surface area (Å²) in [5.74, 6) is -0.872. The predicted octanol–water partition coefficient (Wildman–Crippen LogP) is 3.57. The molecule has 98 valence electrons. The predicted molar refractivity (Wildman–Crippen MR) is 68.4 cm³/mol. The molecule has 0 unspecified atom stereocenters. The molecule has 0 aliphatic heterocycles. The molecule has 1 N–H and O–H groups in total. The molecule has 0 spiro atoms. The normalized spacial score (nSPS) is 10.3. The van der Waals surface area contributed by atoms with Crippen LogP contribution in [-0.4, -0.2) is 14.9 Å². The van der Waals surface area contributed by atoms with E-state index in [1.807, 2.05) is 0 Å². The van der Waals surface area contributed by atoms with E-state index in [0.29, 0.717) is 0 Å². The van der Waals surface area contributed by atoms with E-state index in [4.69, 9.17) is 23.2 Å². The molecule has 2 rings (SSSR count). The quantitative estimate of drug-likeness (QED) is 0.532. The maximum absolute atomic E-state index is 13.6. The van der Waals surface area contributed by atoms with E-state index in [1.165, 1.54) is 12.1 Å². The van der Waals surface area contributed by atoms with Crippen LogP contribution in [0, 0.1) is 15.9 Å². The second-order valence-electron chi connectivity index (χ2n) is 3.37. The van der Waals surface area contributed by atoms with E-state index in [-0.39, 0.29) is 21.7 Å². The molecule has 6 nitrogen and oxygen atoms in total. The number of benzene rings is 1. The maximum atomic E-state index is 13.6. The van der Waals surface area contributed by atoms with Crippen LogP contribution >= 0.6 is 23.2 Å². The van der Waals surface area contributed by atoms with Gasteiger partial charge in [0.2, 0.25) is 11.0 Å². The summed E-state index contributed by atoms with van der Waals surface area (Å²) in [5.41, 5.74) is -0.541. The molecule has 2 aromatic rings. The summed E-state index contributed by atoms with van der Waals surface area (Å²) < 4.78 is 13.6. The van der Waals surface area contributed by atoms with Crippen LogP contribution < -0.4 is 5.32 Å². The fourth-order valence-corrected chi connectivity index (χ4v) is 1.69. The van der Waals surface area contributed by atoms with Crippen molar-refractivity contribution in [2.24, 2.45) is 0 Å². The van der Waals surface area contributed by atoms with Crippen molar-refractivity contribution in [3.05, 3.63) is 50.6 Å². The zero-order valence-electron chi connectivity index (χ0n) is 9.10. The summed E-state index contributed by atoms with van der Waals surface area (Å²) in [4.78, 5) is 17.3. The highest BCUT2D eigenvalue weighted by molar-refractivity contribution is 6.32. The Balaban J connectivity index is 2.44. The Bertz CT molecular complexity index is 653. The third-order valence-electron chi connectivity index (χ3n) is 2.14. The number of halogens is 3. The molecule has 0 aliphatic carbocycles. The van der Waals surface area contributed by atoms with E-state index >= 15 is 0 Å². The van der Waals surface area contributed by atoms with E-state index in [1.54, 1.807) is 0 Å². The van der Waals surface area contributed by atoms with Gasteiger partial charge in [0.15, 0.2) is 0 Å². The Kier molecular flexibility index (Phi) is 3.77. The summed E-state index contributed by atoms with van der Waals surface area (Å²) in [6.07, 6.45) is 1.03. The number of rotatable bonds is 3. The van der Waals surface area contributed by atoms with Crippen molar-refractivity contribution in [1.29, 1.82) is 0 Å². The Labute approximate surface area is 116 Å². The smallest absolute Gasteiger partial charge is 0.332 e. The van der Waals surface area contributed by atoms with Gasteiger partial charge in [0, 0.05) is 5.02 Å². The van der Waals surface area contributed by atoms with Crippen molar-refractivity contribution in [3.63, 3.8) is 0 Å². The summed E-state index contributed by atoms with van der Waals surface area (Å²) in [7, 11) is 0. The topological polar surface area (TPSA) is 81.0 Å². The lowest BCUT2D eigenvalue weighted by molar-refractivity contribution is -0.384. The van der Waals surface area contributed by atoms with Gasteiger partial charge in [-0.2, -0.15) is 0 Å².